The number of hydrogen-bond donors (Lipinski definition) is 2. The van der Waals surface area contributed by atoms with Gasteiger partial charge in [0.15, 0.2) is 0 Å². The monoisotopic (exact) mass is 282 g/mol. The molecule has 1 unspecified atom stereocenters. The molecule has 0 radical (unpaired) electrons. The van der Waals surface area contributed by atoms with E-state index in [1.54, 1.807) is 0 Å². The Bertz CT molecular complexity index is 605. The maximum atomic E-state index is 11.7. The van der Waals surface area contributed by atoms with E-state index in [1.165, 1.54) is 11.1 Å². The SMILES string of the molecule is CCNC(=O)c1ccc(NC(C)c2cccc(C)c2)cc1. The highest BCUT2D eigenvalue weighted by Crippen LogP contribution is 2.20. The molecule has 3 nitrogen and oxygen atoms in total. The molecule has 1 atom stereocenters. The largest absolute Gasteiger partial charge is 0.379 e. The average Bonchev–Trinajstić information content (AvgIpc) is 2.48. The summed E-state index contributed by atoms with van der Waals surface area (Å²) in [7, 11) is 0. The number of hydrogen-bond acceptors (Lipinski definition) is 2. The van der Waals surface area contributed by atoms with Gasteiger partial charge in [-0.05, 0) is 50.6 Å². The molecule has 0 aromatic heterocycles. The predicted molar refractivity (Wildman–Crippen MR) is 87.7 cm³/mol. The molecule has 0 spiro atoms. The first kappa shape index (κ1) is 15.1. The average molecular weight is 282 g/mol. The van der Waals surface area contributed by atoms with Gasteiger partial charge in [0.25, 0.3) is 5.91 Å². The quantitative estimate of drug-likeness (QED) is 0.872. The van der Waals surface area contributed by atoms with E-state index in [1.807, 2.05) is 31.2 Å². The predicted octanol–water partition coefficient (Wildman–Crippen LogP) is 3.92. The van der Waals surface area contributed by atoms with Crippen molar-refractivity contribution in [1.82, 2.24) is 5.32 Å². The van der Waals surface area contributed by atoms with Crippen LogP contribution in [0.5, 0.6) is 0 Å². The maximum absolute atomic E-state index is 11.7. The van der Waals surface area contributed by atoms with Crippen molar-refractivity contribution in [2.45, 2.75) is 26.8 Å². The first-order valence-corrected chi connectivity index (χ1v) is 7.31. The van der Waals surface area contributed by atoms with Crippen molar-refractivity contribution in [3.63, 3.8) is 0 Å². The summed E-state index contributed by atoms with van der Waals surface area (Å²) in [6.45, 7) is 6.78. The van der Waals surface area contributed by atoms with E-state index in [-0.39, 0.29) is 11.9 Å². The normalized spacial score (nSPS) is 11.8. The van der Waals surface area contributed by atoms with Crippen molar-refractivity contribution in [2.24, 2.45) is 0 Å². The Kier molecular flexibility index (Phi) is 4.99. The third kappa shape index (κ3) is 4.09. The van der Waals surface area contributed by atoms with Gasteiger partial charge in [-0.3, -0.25) is 4.79 Å². The van der Waals surface area contributed by atoms with Gasteiger partial charge in [0, 0.05) is 23.8 Å². The lowest BCUT2D eigenvalue weighted by molar-refractivity contribution is 0.0956. The van der Waals surface area contributed by atoms with Crippen LogP contribution in [0.4, 0.5) is 5.69 Å². The van der Waals surface area contributed by atoms with Crippen LogP contribution in [0, 0.1) is 6.92 Å². The summed E-state index contributed by atoms with van der Waals surface area (Å²) >= 11 is 0. The van der Waals surface area contributed by atoms with Crippen LogP contribution in [-0.4, -0.2) is 12.5 Å². The zero-order chi connectivity index (χ0) is 15.2. The minimum atomic E-state index is -0.0317. The van der Waals surface area contributed by atoms with E-state index in [0.717, 1.165) is 5.69 Å². The fourth-order valence-electron chi connectivity index (χ4n) is 2.25. The molecule has 0 fully saturated rings. The first-order chi connectivity index (χ1) is 10.1. The van der Waals surface area contributed by atoms with Gasteiger partial charge in [-0.15, -0.1) is 0 Å². The van der Waals surface area contributed by atoms with Crippen molar-refractivity contribution in [2.75, 3.05) is 11.9 Å². The van der Waals surface area contributed by atoms with Crippen molar-refractivity contribution in [3.05, 3.63) is 65.2 Å². The van der Waals surface area contributed by atoms with E-state index in [2.05, 4.69) is 48.7 Å². The summed E-state index contributed by atoms with van der Waals surface area (Å²) in [5, 5.41) is 6.25. The van der Waals surface area contributed by atoms with Gasteiger partial charge in [-0.25, -0.2) is 0 Å². The summed E-state index contributed by atoms with van der Waals surface area (Å²) in [6, 6.07) is 16.3. The Morgan fingerprint density at radius 3 is 2.48 bits per heavy atom. The van der Waals surface area contributed by atoms with Crippen LogP contribution < -0.4 is 10.6 Å². The second-order valence-electron chi connectivity index (χ2n) is 5.22. The smallest absolute Gasteiger partial charge is 0.251 e. The van der Waals surface area contributed by atoms with E-state index >= 15 is 0 Å². The molecule has 0 saturated carbocycles. The highest BCUT2D eigenvalue weighted by atomic mass is 16.1. The molecule has 0 aliphatic rings. The minimum absolute atomic E-state index is 0.0317. The van der Waals surface area contributed by atoms with Crippen molar-refractivity contribution < 1.29 is 4.79 Å². The Labute approximate surface area is 126 Å². The molecule has 0 bridgehead atoms. The summed E-state index contributed by atoms with van der Waals surface area (Å²) in [6.07, 6.45) is 0. The third-order valence-electron chi connectivity index (χ3n) is 3.41. The molecule has 0 aliphatic heterocycles. The van der Waals surface area contributed by atoms with E-state index < -0.39 is 0 Å². The van der Waals surface area contributed by atoms with Crippen molar-refractivity contribution in [3.8, 4) is 0 Å². The maximum Gasteiger partial charge on any atom is 0.251 e. The van der Waals surface area contributed by atoms with Gasteiger partial charge >= 0.3 is 0 Å². The molecule has 2 rings (SSSR count). The number of carbonyl (C=O) groups is 1. The zero-order valence-electron chi connectivity index (χ0n) is 12.8. The van der Waals surface area contributed by atoms with Crippen LogP contribution in [0.1, 0.15) is 41.4 Å². The van der Waals surface area contributed by atoms with Crippen LogP contribution in [-0.2, 0) is 0 Å². The van der Waals surface area contributed by atoms with Crippen LogP contribution in [0.2, 0.25) is 0 Å². The number of benzene rings is 2. The van der Waals surface area contributed by atoms with Crippen molar-refractivity contribution >= 4 is 11.6 Å². The lowest BCUT2D eigenvalue weighted by Gasteiger charge is -2.16. The van der Waals surface area contributed by atoms with Crippen LogP contribution in [0.25, 0.3) is 0 Å². The molecule has 0 aliphatic carbocycles. The van der Waals surface area contributed by atoms with Crippen molar-refractivity contribution in [1.29, 1.82) is 0 Å². The molecule has 2 aromatic rings. The van der Waals surface area contributed by atoms with Gasteiger partial charge < -0.3 is 10.6 Å². The third-order valence-corrected chi connectivity index (χ3v) is 3.41. The lowest BCUT2D eigenvalue weighted by atomic mass is 10.1. The van der Waals surface area contributed by atoms with Crippen LogP contribution >= 0.6 is 0 Å². The van der Waals surface area contributed by atoms with Crippen LogP contribution in [0.15, 0.2) is 48.5 Å². The number of amides is 1. The Morgan fingerprint density at radius 2 is 1.86 bits per heavy atom. The summed E-state index contributed by atoms with van der Waals surface area (Å²) < 4.78 is 0. The molecule has 0 heterocycles. The number of rotatable bonds is 5. The standard InChI is InChI=1S/C18H22N2O/c1-4-19-18(21)15-8-10-17(11-9-15)20-14(3)16-7-5-6-13(2)12-16/h5-12,14,20H,4H2,1-3H3,(H,19,21). The molecule has 0 saturated heterocycles. The zero-order valence-corrected chi connectivity index (χ0v) is 12.8. The molecule has 1 amide bonds. The van der Waals surface area contributed by atoms with Gasteiger partial charge in [-0.2, -0.15) is 0 Å². The minimum Gasteiger partial charge on any atom is -0.379 e. The van der Waals surface area contributed by atoms with Crippen LogP contribution in [0.3, 0.4) is 0 Å². The van der Waals surface area contributed by atoms with E-state index in [0.29, 0.717) is 12.1 Å². The Hall–Kier alpha value is -2.29. The Morgan fingerprint density at radius 1 is 1.14 bits per heavy atom. The molecular weight excluding hydrogens is 260 g/mol. The number of carbonyl (C=O) groups excluding carboxylic acids is 1. The number of aryl methyl sites for hydroxylation is 1. The second kappa shape index (κ2) is 6.93. The summed E-state index contributed by atoms with van der Waals surface area (Å²) in [5.74, 6) is -0.0317. The molecule has 2 N–H and O–H groups in total. The lowest BCUT2D eigenvalue weighted by Crippen LogP contribution is -2.22. The van der Waals surface area contributed by atoms with Gasteiger partial charge in [0.2, 0.25) is 0 Å². The molecular formula is C18H22N2O. The van der Waals surface area contributed by atoms with Gasteiger partial charge in [0.1, 0.15) is 0 Å². The molecule has 21 heavy (non-hydrogen) atoms. The highest BCUT2D eigenvalue weighted by Gasteiger charge is 2.07. The van der Waals surface area contributed by atoms with E-state index in [4.69, 9.17) is 0 Å². The van der Waals surface area contributed by atoms with E-state index in [9.17, 15) is 4.79 Å². The molecule has 2 aromatic carbocycles. The van der Waals surface area contributed by atoms with Gasteiger partial charge in [-0.1, -0.05) is 29.8 Å². The molecule has 110 valence electrons. The fraction of sp³-hybridized carbons (Fsp3) is 0.278. The summed E-state index contributed by atoms with van der Waals surface area (Å²) in [5.41, 5.74) is 4.21. The molecule has 3 heteroatoms. The number of nitrogens with one attached hydrogen (secondary N) is 2. The summed E-state index contributed by atoms with van der Waals surface area (Å²) in [4.78, 5) is 11.7. The number of anilines is 1. The van der Waals surface area contributed by atoms with Gasteiger partial charge in [0.05, 0.1) is 0 Å². The fourth-order valence-corrected chi connectivity index (χ4v) is 2.25. The Balaban J connectivity index is 2.04. The second-order valence-corrected chi connectivity index (χ2v) is 5.22. The topological polar surface area (TPSA) is 41.1 Å². The first-order valence-electron chi connectivity index (χ1n) is 7.31. The highest BCUT2D eigenvalue weighted by molar-refractivity contribution is 5.94.